The molecule has 0 saturated heterocycles. The van der Waals surface area contributed by atoms with Gasteiger partial charge in [-0.25, -0.2) is 9.78 Å². The molecule has 0 radical (unpaired) electrons. The standard InChI is InChI=1S/C13H10F3NO3S/c1-7-10(12(18)19-2)17-11(21-7)8-4-3-5-9(6-8)20-13(14,15)16/h3-6H,1-2H3. The normalized spacial score (nSPS) is 11.3. The molecule has 0 bridgehead atoms. The molecule has 0 aliphatic rings. The van der Waals surface area contributed by atoms with Crippen molar-refractivity contribution in [1.29, 1.82) is 0 Å². The Morgan fingerprint density at radius 1 is 1.33 bits per heavy atom. The molecule has 0 spiro atoms. The van der Waals surface area contributed by atoms with E-state index in [1.165, 1.54) is 36.6 Å². The molecular weight excluding hydrogens is 307 g/mol. The van der Waals surface area contributed by atoms with E-state index in [0.29, 0.717) is 15.4 Å². The van der Waals surface area contributed by atoms with Gasteiger partial charge in [0.25, 0.3) is 0 Å². The molecule has 0 aliphatic heterocycles. The minimum atomic E-state index is -4.76. The quantitative estimate of drug-likeness (QED) is 0.808. The number of ether oxygens (including phenoxy) is 2. The lowest BCUT2D eigenvalue weighted by molar-refractivity contribution is -0.274. The zero-order valence-corrected chi connectivity index (χ0v) is 11.8. The summed E-state index contributed by atoms with van der Waals surface area (Å²) in [5, 5.41) is 0.417. The first kappa shape index (κ1) is 15.3. The van der Waals surface area contributed by atoms with Gasteiger partial charge in [-0.1, -0.05) is 12.1 Å². The molecule has 0 saturated carbocycles. The average Bonchev–Trinajstić information content (AvgIpc) is 2.78. The Labute approximate surface area is 122 Å². The summed E-state index contributed by atoms with van der Waals surface area (Å²) >= 11 is 1.19. The van der Waals surface area contributed by atoms with Crippen LogP contribution in [0.15, 0.2) is 24.3 Å². The van der Waals surface area contributed by atoms with Crippen LogP contribution in [0, 0.1) is 6.92 Å². The van der Waals surface area contributed by atoms with Crippen LogP contribution in [0.1, 0.15) is 15.4 Å². The van der Waals surface area contributed by atoms with E-state index in [-0.39, 0.29) is 11.4 Å². The van der Waals surface area contributed by atoms with Crippen molar-refractivity contribution < 1.29 is 27.4 Å². The van der Waals surface area contributed by atoms with Gasteiger partial charge in [0, 0.05) is 10.4 Å². The van der Waals surface area contributed by atoms with Gasteiger partial charge in [0.05, 0.1) is 7.11 Å². The first-order valence-corrected chi connectivity index (χ1v) is 6.54. The Kier molecular flexibility index (Phi) is 4.17. The summed E-state index contributed by atoms with van der Waals surface area (Å²) in [6, 6.07) is 5.42. The highest BCUT2D eigenvalue weighted by Gasteiger charge is 2.31. The highest BCUT2D eigenvalue weighted by Crippen LogP contribution is 2.31. The van der Waals surface area contributed by atoms with Crippen molar-refractivity contribution >= 4 is 17.3 Å². The molecule has 0 aliphatic carbocycles. The Balaban J connectivity index is 2.34. The maximum atomic E-state index is 12.2. The predicted octanol–water partition coefficient (Wildman–Crippen LogP) is 3.80. The second kappa shape index (κ2) is 5.72. The van der Waals surface area contributed by atoms with Crippen LogP contribution in [0.25, 0.3) is 10.6 Å². The van der Waals surface area contributed by atoms with Gasteiger partial charge in [0.1, 0.15) is 10.8 Å². The SMILES string of the molecule is COC(=O)c1nc(-c2cccc(OC(F)(F)F)c2)sc1C. The molecule has 8 heteroatoms. The van der Waals surface area contributed by atoms with Gasteiger partial charge in [-0.2, -0.15) is 0 Å². The number of halogens is 3. The first-order valence-electron chi connectivity index (χ1n) is 5.72. The third-order valence-corrected chi connectivity index (χ3v) is 3.51. The molecule has 1 aromatic heterocycles. The number of hydrogen-bond donors (Lipinski definition) is 0. The van der Waals surface area contributed by atoms with E-state index in [9.17, 15) is 18.0 Å². The number of carbonyl (C=O) groups excluding carboxylic acids is 1. The van der Waals surface area contributed by atoms with Crippen molar-refractivity contribution in [2.45, 2.75) is 13.3 Å². The molecule has 0 amide bonds. The fraction of sp³-hybridized carbons (Fsp3) is 0.231. The van der Waals surface area contributed by atoms with Crippen LogP contribution in [-0.4, -0.2) is 24.4 Å². The lowest BCUT2D eigenvalue weighted by Gasteiger charge is -2.09. The first-order chi connectivity index (χ1) is 9.80. The Morgan fingerprint density at radius 2 is 2.05 bits per heavy atom. The lowest BCUT2D eigenvalue weighted by Crippen LogP contribution is -2.17. The molecule has 0 atom stereocenters. The average molecular weight is 317 g/mol. The van der Waals surface area contributed by atoms with Crippen LogP contribution in [0.5, 0.6) is 5.75 Å². The number of rotatable bonds is 3. The van der Waals surface area contributed by atoms with Crippen LogP contribution >= 0.6 is 11.3 Å². The van der Waals surface area contributed by atoms with Crippen LogP contribution < -0.4 is 4.74 Å². The number of esters is 1. The molecule has 1 aromatic carbocycles. The van der Waals surface area contributed by atoms with Gasteiger partial charge >= 0.3 is 12.3 Å². The Hall–Kier alpha value is -2.09. The smallest absolute Gasteiger partial charge is 0.464 e. The molecule has 0 unspecified atom stereocenters. The van der Waals surface area contributed by atoms with E-state index < -0.39 is 12.3 Å². The number of hydrogen-bond acceptors (Lipinski definition) is 5. The number of nitrogens with zero attached hydrogens (tertiary/aromatic N) is 1. The molecule has 4 nitrogen and oxygen atoms in total. The maximum Gasteiger partial charge on any atom is 0.573 e. The zero-order chi connectivity index (χ0) is 15.6. The van der Waals surface area contributed by atoms with Gasteiger partial charge in [-0.3, -0.25) is 0 Å². The second-order valence-electron chi connectivity index (χ2n) is 3.99. The van der Waals surface area contributed by atoms with Crippen LogP contribution in [0.3, 0.4) is 0 Å². The van der Waals surface area contributed by atoms with Gasteiger partial charge in [-0.05, 0) is 19.1 Å². The summed E-state index contributed by atoms with van der Waals surface area (Å²) in [4.78, 5) is 16.2. The van der Waals surface area contributed by atoms with Crippen molar-refractivity contribution in [3.8, 4) is 16.3 Å². The van der Waals surface area contributed by atoms with E-state index in [1.807, 2.05) is 0 Å². The fourth-order valence-electron chi connectivity index (χ4n) is 1.63. The van der Waals surface area contributed by atoms with E-state index >= 15 is 0 Å². The predicted molar refractivity (Wildman–Crippen MR) is 70.3 cm³/mol. The van der Waals surface area contributed by atoms with Crippen molar-refractivity contribution in [3.63, 3.8) is 0 Å². The number of aromatic nitrogens is 1. The number of thiazole rings is 1. The molecule has 112 valence electrons. The lowest BCUT2D eigenvalue weighted by atomic mass is 10.2. The van der Waals surface area contributed by atoms with Crippen LogP contribution in [0.4, 0.5) is 13.2 Å². The summed E-state index contributed by atoms with van der Waals surface area (Å²) < 4.78 is 45.0. The number of methoxy groups -OCH3 is 1. The van der Waals surface area contributed by atoms with Crippen LogP contribution in [0.2, 0.25) is 0 Å². The van der Waals surface area contributed by atoms with Crippen molar-refractivity contribution in [2.24, 2.45) is 0 Å². The van der Waals surface area contributed by atoms with Gasteiger partial charge < -0.3 is 9.47 Å². The van der Waals surface area contributed by atoms with E-state index in [4.69, 9.17) is 0 Å². The maximum absolute atomic E-state index is 12.2. The monoisotopic (exact) mass is 317 g/mol. The summed E-state index contributed by atoms with van der Waals surface area (Å²) in [5.41, 5.74) is 0.583. The summed E-state index contributed by atoms with van der Waals surface area (Å²) in [5.74, 6) is -0.926. The number of alkyl halides is 3. The summed E-state index contributed by atoms with van der Waals surface area (Å²) in [6.45, 7) is 1.68. The second-order valence-corrected chi connectivity index (χ2v) is 5.19. The fourth-order valence-corrected chi connectivity index (χ4v) is 2.53. The van der Waals surface area contributed by atoms with Gasteiger partial charge in [0.2, 0.25) is 0 Å². The Bertz CT molecular complexity index is 667. The largest absolute Gasteiger partial charge is 0.573 e. The third-order valence-electron chi connectivity index (χ3n) is 2.49. The van der Waals surface area contributed by atoms with E-state index in [1.54, 1.807) is 13.0 Å². The molecule has 1 heterocycles. The van der Waals surface area contributed by atoms with Gasteiger partial charge in [-0.15, -0.1) is 24.5 Å². The third kappa shape index (κ3) is 3.72. The summed E-state index contributed by atoms with van der Waals surface area (Å²) in [7, 11) is 1.23. The highest BCUT2D eigenvalue weighted by atomic mass is 32.1. The van der Waals surface area contributed by atoms with Crippen molar-refractivity contribution in [1.82, 2.24) is 4.98 Å². The molecule has 2 rings (SSSR count). The van der Waals surface area contributed by atoms with E-state index in [2.05, 4.69) is 14.5 Å². The minimum absolute atomic E-state index is 0.152. The van der Waals surface area contributed by atoms with E-state index in [0.717, 1.165) is 0 Å². The van der Waals surface area contributed by atoms with Gasteiger partial charge in [0.15, 0.2) is 5.69 Å². The van der Waals surface area contributed by atoms with Crippen LogP contribution in [-0.2, 0) is 4.74 Å². The molecular formula is C13H10F3NO3S. The summed E-state index contributed by atoms with van der Waals surface area (Å²) in [6.07, 6.45) is -4.76. The minimum Gasteiger partial charge on any atom is -0.464 e. The zero-order valence-electron chi connectivity index (χ0n) is 11.0. The van der Waals surface area contributed by atoms with Crippen molar-refractivity contribution in [3.05, 3.63) is 34.8 Å². The highest BCUT2D eigenvalue weighted by molar-refractivity contribution is 7.15. The number of benzene rings is 1. The number of carbonyl (C=O) groups is 1. The Morgan fingerprint density at radius 3 is 2.67 bits per heavy atom. The molecule has 0 N–H and O–H groups in total. The molecule has 2 aromatic rings. The topological polar surface area (TPSA) is 48.4 Å². The molecule has 21 heavy (non-hydrogen) atoms. The number of aryl methyl sites for hydroxylation is 1. The van der Waals surface area contributed by atoms with Crippen molar-refractivity contribution in [2.75, 3.05) is 7.11 Å². The molecule has 0 fully saturated rings.